The topological polar surface area (TPSA) is 21.3 Å². The smallest absolute Gasteiger partial charge is 0.0708 e. The molecule has 1 spiro atoms. The highest BCUT2D eigenvalue weighted by Gasteiger charge is 2.40. The van der Waals surface area contributed by atoms with Gasteiger partial charge in [-0.3, -0.25) is 0 Å². The fraction of sp³-hybridized carbons (Fsp3) is 1.00. The predicted molar refractivity (Wildman–Crippen MR) is 76.9 cm³/mol. The lowest BCUT2D eigenvalue weighted by Gasteiger charge is -2.33. The van der Waals surface area contributed by atoms with Gasteiger partial charge in [-0.1, -0.05) is 46.0 Å². The van der Waals surface area contributed by atoms with Crippen molar-refractivity contribution < 1.29 is 4.74 Å². The van der Waals surface area contributed by atoms with Crippen LogP contribution in [0.5, 0.6) is 0 Å². The van der Waals surface area contributed by atoms with Crippen LogP contribution >= 0.6 is 0 Å². The molecule has 0 amide bonds. The number of hydrogen-bond donors (Lipinski definition) is 1. The first-order valence-electron chi connectivity index (χ1n) is 8.16. The lowest BCUT2D eigenvalue weighted by molar-refractivity contribution is -0.0624. The Kier molecular flexibility index (Phi) is 5.50. The molecule has 1 aliphatic heterocycles. The number of hydrogen-bond acceptors (Lipinski definition) is 2. The van der Waals surface area contributed by atoms with Crippen molar-refractivity contribution in [3.8, 4) is 0 Å². The zero-order valence-corrected chi connectivity index (χ0v) is 12.3. The van der Waals surface area contributed by atoms with Gasteiger partial charge < -0.3 is 10.1 Å². The van der Waals surface area contributed by atoms with Crippen molar-refractivity contribution in [2.75, 3.05) is 13.1 Å². The van der Waals surface area contributed by atoms with Crippen LogP contribution in [-0.2, 0) is 4.74 Å². The molecule has 2 aliphatic rings. The normalized spacial score (nSPS) is 27.2. The average Bonchev–Trinajstić information content (AvgIpc) is 2.79. The molecule has 1 heterocycles. The van der Waals surface area contributed by atoms with E-state index in [1.54, 1.807) is 0 Å². The lowest BCUT2D eigenvalue weighted by Crippen LogP contribution is -2.35. The van der Waals surface area contributed by atoms with Crippen LogP contribution in [0, 0.1) is 5.92 Å². The Morgan fingerprint density at radius 2 is 1.83 bits per heavy atom. The molecule has 2 nitrogen and oxygen atoms in total. The van der Waals surface area contributed by atoms with Crippen LogP contribution in [0.4, 0.5) is 0 Å². The van der Waals surface area contributed by atoms with E-state index in [9.17, 15) is 0 Å². The molecule has 2 rings (SSSR count). The van der Waals surface area contributed by atoms with Crippen LogP contribution in [0.25, 0.3) is 0 Å². The molecule has 2 heteroatoms. The van der Waals surface area contributed by atoms with Crippen LogP contribution < -0.4 is 5.32 Å². The van der Waals surface area contributed by atoms with E-state index in [-0.39, 0.29) is 0 Å². The van der Waals surface area contributed by atoms with E-state index in [0.29, 0.717) is 11.7 Å². The molecule has 106 valence electrons. The summed E-state index contributed by atoms with van der Waals surface area (Å²) in [6.45, 7) is 6.82. The second-order valence-corrected chi connectivity index (χ2v) is 6.36. The van der Waals surface area contributed by atoms with Crippen LogP contribution in [0.2, 0.25) is 0 Å². The monoisotopic (exact) mass is 253 g/mol. The molecule has 18 heavy (non-hydrogen) atoms. The van der Waals surface area contributed by atoms with Gasteiger partial charge in [0.25, 0.3) is 0 Å². The Morgan fingerprint density at radius 3 is 2.50 bits per heavy atom. The molecule has 0 bridgehead atoms. The molecule has 1 atom stereocenters. The summed E-state index contributed by atoms with van der Waals surface area (Å²) < 4.78 is 6.38. The van der Waals surface area contributed by atoms with E-state index in [1.807, 2.05) is 0 Å². The van der Waals surface area contributed by atoms with Crippen molar-refractivity contribution in [2.45, 2.75) is 83.3 Å². The Morgan fingerprint density at radius 1 is 1.11 bits per heavy atom. The molecule has 0 radical (unpaired) electrons. The van der Waals surface area contributed by atoms with Crippen molar-refractivity contribution >= 4 is 0 Å². The summed E-state index contributed by atoms with van der Waals surface area (Å²) in [5, 5.41) is 3.63. The molecule has 2 fully saturated rings. The van der Waals surface area contributed by atoms with Crippen LogP contribution in [0.15, 0.2) is 0 Å². The van der Waals surface area contributed by atoms with Crippen LogP contribution in [0.3, 0.4) is 0 Å². The first-order chi connectivity index (χ1) is 8.78. The Hall–Kier alpha value is -0.0800. The maximum atomic E-state index is 6.38. The largest absolute Gasteiger partial charge is 0.370 e. The van der Waals surface area contributed by atoms with Gasteiger partial charge in [-0.15, -0.1) is 0 Å². The van der Waals surface area contributed by atoms with Gasteiger partial charge in [0.2, 0.25) is 0 Å². The summed E-state index contributed by atoms with van der Waals surface area (Å²) >= 11 is 0. The van der Waals surface area contributed by atoms with Gasteiger partial charge in [-0.05, 0) is 38.1 Å². The fourth-order valence-corrected chi connectivity index (χ4v) is 3.63. The predicted octanol–water partition coefficient (Wildman–Crippen LogP) is 3.89. The third-order valence-corrected chi connectivity index (χ3v) is 5.06. The summed E-state index contributed by atoms with van der Waals surface area (Å²) in [6.07, 6.45) is 12.5. The highest BCUT2D eigenvalue weighted by molar-refractivity contribution is 4.91. The molecule has 1 N–H and O–H groups in total. The molecular formula is C16H31NO. The molecule has 0 aromatic carbocycles. The van der Waals surface area contributed by atoms with E-state index in [4.69, 9.17) is 4.74 Å². The van der Waals surface area contributed by atoms with Gasteiger partial charge >= 0.3 is 0 Å². The molecule has 0 aromatic rings. The first-order valence-corrected chi connectivity index (χ1v) is 8.16. The van der Waals surface area contributed by atoms with Gasteiger partial charge in [-0.25, -0.2) is 0 Å². The summed E-state index contributed by atoms with van der Waals surface area (Å²) in [5.41, 5.74) is 0.291. The van der Waals surface area contributed by atoms with Gasteiger partial charge in [-0.2, -0.15) is 0 Å². The van der Waals surface area contributed by atoms with Crippen molar-refractivity contribution in [1.29, 1.82) is 0 Å². The van der Waals surface area contributed by atoms with Crippen molar-refractivity contribution in [3.63, 3.8) is 0 Å². The zero-order chi connectivity index (χ0) is 12.8. The molecule has 0 aromatic heterocycles. The van der Waals surface area contributed by atoms with Gasteiger partial charge in [0.05, 0.1) is 11.7 Å². The molecule has 1 aliphatic carbocycles. The van der Waals surface area contributed by atoms with E-state index in [0.717, 1.165) is 12.5 Å². The maximum absolute atomic E-state index is 6.38. The average molecular weight is 253 g/mol. The van der Waals surface area contributed by atoms with Gasteiger partial charge in [0, 0.05) is 6.54 Å². The zero-order valence-electron chi connectivity index (χ0n) is 12.3. The summed E-state index contributed by atoms with van der Waals surface area (Å²) in [4.78, 5) is 0. The van der Waals surface area contributed by atoms with E-state index >= 15 is 0 Å². The quantitative estimate of drug-likeness (QED) is 0.775. The van der Waals surface area contributed by atoms with Gasteiger partial charge in [0.1, 0.15) is 0 Å². The van der Waals surface area contributed by atoms with E-state index < -0.39 is 0 Å². The summed E-state index contributed by atoms with van der Waals surface area (Å²) in [6, 6.07) is 0. The molecular weight excluding hydrogens is 222 g/mol. The second-order valence-electron chi connectivity index (χ2n) is 6.36. The minimum absolute atomic E-state index is 0.291. The Balaban J connectivity index is 1.66. The highest BCUT2D eigenvalue weighted by atomic mass is 16.5. The summed E-state index contributed by atoms with van der Waals surface area (Å²) in [7, 11) is 0. The number of rotatable bonds is 6. The van der Waals surface area contributed by atoms with Gasteiger partial charge in [0.15, 0.2) is 0 Å². The number of ether oxygens (including phenoxy) is 1. The SMILES string of the molecule is CCC(CC)CNCC1CCC2(CCCCC2)O1. The third-order valence-electron chi connectivity index (χ3n) is 5.06. The number of nitrogens with one attached hydrogen (secondary N) is 1. The minimum atomic E-state index is 0.291. The molecule has 1 saturated heterocycles. The second kappa shape index (κ2) is 6.91. The van der Waals surface area contributed by atoms with Crippen LogP contribution in [-0.4, -0.2) is 24.8 Å². The maximum Gasteiger partial charge on any atom is 0.0708 e. The van der Waals surface area contributed by atoms with E-state index in [2.05, 4.69) is 19.2 Å². The van der Waals surface area contributed by atoms with Crippen molar-refractivity contribution in [2.24, 2.45) is 5.92 Å². The van der Waals surface area contributed by atoms with Crippen molar-refractivity contribution in [1.82, 2.24) is 5.32 Å². The molecule has 1 saturated carbocycles. The Labute approximate surface area is 113 Å². The lowest BCUT2D eigenvalue weighted by atomic mass is 9.83. The van der Waals surface area contributed by atoms with Crippen LogP contribution in [0.1, 0.15) is 71.6 Å². The summed E-state index contributed by atoms with van der Waals surface area (Å²) in [5.74, 6) is 0.843. The van der Waals surface area contributed by atoms with Crippen molar-refractivity contribution in [3.05, 3.63) is 0 Å². The van der Waals surface area contributed by atoms with E-state index in [1.165, 1.54) is 64.3 Å². The Bertz CT molecular complexity index is 231. The fourth-order valence-electron chi connectivity index (χ4n) is 3.63. The first kappa shape index (κ1) is 14.3. The highest BCUT2D eigenvalue weighted by Crippen LogP contribution is 2.41. The minimum Gasteiger partial charge on any atom is -0.370 e. The molecule has 1 unspecified atom stereocenters. The standard InChI is InChI=1S/C16H31NO/c1-3-14(4-2)12-17-13-15-8-11-16(18-15)9-6-5-7-10-16/h14-15,17H,3-13H2,1-2H3. The third kappa shape index (κ3) is 3.71.